The predicted molar refractivity (Wildman–Crippen MR) is 135 cm³/mol. The number of hydrogen-bond acceptors (Lipinski definition) is 3. The van der Waals surface area contributed by atoms with Crippen molar-refractivity contribution in [2.24, 2.45) is 0 Å². The van der Waals surface area contributed by atoms with Crippen LogP contribution in [0, 0.1) is 11.6 Å². The van der Waals surface area contributed by atoms with Crippen LogP contribution in [0.1, 0.15) is 57.9 Å². The molecule has 3 rings (SSSR count). The summed E-state index contributed by atoms with van der Waals surface area (Å²) in [7, 11) is 0. The number of phenolic OH excluding ortho intramolecular Hbond substituents is 1. The van der Waals surface area contributed by atoms with Gasteiger partial charge < -0.3 is 9.84 Å². The molecule has 0 spiro atoms. The highest BCUT2D eigenvalue weighted by Crippen LogP contribution is 2.29. The number of aromatic hydroxyl groups is 1. The van der Waals surface area contributed by atoms with E-state index in [2.05, 4.69) is 31.0 Å². The minimum Gasteiger partial charge on any atom is -0.505 e. The molecule has 0 aliphatic rings. The third kappa shape index (κ3) is 7.22. The number of aromatic nitrogens is 1. The third-order valence-electron chi connectivity index (χ3n) is 5.78. The molecule has 0 radical (unpaired) electrons. The summed E-state index contributed by atoms with van der Waals surface area (Å²) in [6.07, 6.45) is 12.9. The lowest BCUT2D eigenvalue weighted by atomic mass is 10.0. The second-order valence-electron chi connectivity index (χ2n) is 8.54. The van der Waals surface area contributed by atoms with E-state index in [9.17, 15) is 13.9 Å². The van der Waals surface area contributed by atoms with Crippen molar-refractivity contribution in [1.29, 1.82) is 0 Å². The van der Waals surface area contributed by atoms with Crippen LogP contribution in [0.4, 0.5) is 8.78 Å². The highest BCUT2D eigenvalue weighted by atomic mass is 19.2. The maximum absolute atomic E-state index is 14.1. The van der Waals surface area contributed by atoms with Crippen molar-refractivity contribution >= 4 is 6.08 Å². The summed E-state index contributed by atoms with van der Waals surface area (Å²) < 4.78 is 33.6. The molecule has 1 N–H and O–H groups in total. The molecule has 5 heteroatoms. The van der Waals surface area contributed by atoms with Crippen LogP contribution < -0.4 is 0 Å². The Kier molecular flexibility index (Phi) is 9.77. The topological polar surface area (TPSA) is 42.4 Å². The molecule has 0 aliphatic heterocycles. The SMILES string of the molecule is CCCCCOC(C)CCC/C=C/c1ccc(-c2ccc(-c3ccc(O)c(F)c3F)cn2)cc1. The number of ether oxygens (including phenoxy) is 1. The average Bonchev–Trinajstić information content (AvgIpc) is 2.86. The quantitative estimate of drug-likeness (QED) is 0.274. The van der Waals surface area contributed by atoms with Crippen molar-refractivity contribution in [3.8, 4) is 28.1 Å². The van der Waals surface area contributed by atoms with Crippen LogP contribution >= 0.6 is 0 Å². The van der Waals surface area contributed by atoms with Gasteiger partial charge in [-0.15, -0.1) is 0 Å². The smallest absolute Gasteiger partial charge is 0.200 e. The normalized spacial score (nSPS) is 12.4. The van der Waals surface area contributed by atoms with Crippen LogP contribution in [-0.2, 0) is 4.74 Å². The molecule has 3 nitrogen and oxygen atoms in total. The Morgan fingerprint density at radius 3 is 2.41 bits per heavy atom. The molecule has 0 amide bonds. The van der Waals surface area contributed by atoms with Gasteiger partial charge >= 0.3 is 0 Å². The number of halogens is 2. The fourth-order valence-electron chi connectivity index (χ4n) is 3.71. The Bertz CT molecular complexity index is 1060. The van der Waals surface area contributed by atoms with Gasteiger partial charge in [0.25, 0.3) is 0 Å². The van der Waals surface area contributed by atoms with Gasteiger partial charge in [-0.05, 0) is 56.4 Å². The van der Waals surface area contributed by atoms with E-state index in [-0.39, 0.29) is 5.56 Å². The summed E-state index contributed by atoms with van der Waals surface area (Å²) in [5.41, 5.74) is 3.31. The van der Waals surface area contributed by atoms with E-state index in [1.165, 1.54) is 25.1 Å². The molecule has 0 fully saturated rings. The number of pyridine rings is 1. The summed E-state index contributed by atoms with van der Waals surface area (Å²) in [6.45, 7) is 5.21. The van der Waals surface area contributed by atoms with Gasteiger partial charge in [0.05, 0.1) is 11.8 Å². The molecule has 0 bridgehead atoms. The Morgan fingerprint density at radius 1 is 0.941 bits per heavy atom. The minimum atomic E-state index is -1.25. The first-order valence-electron chi connectivity index (χ1n) is 12.0. The fourth-order valence-corrected chi connectivity index (χ4v) is 3.71. The first-order chi connectivity index (χ1) is 16.5. The molecular formula is C29H33F2NO2. The van der Waals surface area contributed by atoms with Crippen LogP contribution in [0.25, 0.3) is 28.5 Å². The largest absolute Gasteiger partial charge is 0.505 e. The third-order valence-corrected chi connectivity index (χ3v) is 5.78. The maximum Gasteiger partial charge on any atom is 0.200 e. The summed E-state index contributed by atoms with van der Waals surface area (Å²) in [5.74, 6) is -3.04. The fraction of sp³-hybridized carbons (Fsp3) is 0.345. The Labute approximate surface area is 201 Å². The molecule has 180 valence electrons. The Hall–Kier alpha value is -3.05. The molecule has 34 heavy (non-hydrogen) atoms. The van der Waals surface area contributed by atoms with Crippen LogP contribution in [0.2, 0.25) is 0 Å². The standard InChI is InChI=1S/C29H33F2NO2/c1-3-4-8-19-34-21(2)9-6-5-7-10-22-11-13-23(14-12-22)26-17-15-24(20-32-26)25-16-18-27(33)29(31)28(25)30/h7,10-18,20-21,33H,3-6,8-9,19H2,1-2H3/b10-7+. The lowest BCUT2D eigenvalue weighted by Crippen LogP contribution is -2.08. The summed E-state index contributed by atoms with van der Waals surface area (Å²) >= 11 is 0. The van der Waals surface area contributed by atoms with Gasteiger partial charge in [0.2, 0.25) is 5.82 Å². The molecule has 2 aromatic carbocycles. The molecule has 3 aromatic rings. The van der Waals surface area contributed by atoms with Gasteiger partial charge in [-0.3, -0.25) is 4.98 Å². The zero-order chi connectivity index (χ0) is 24.3. The van der Waals surface area contributed by atoms with Crippen LogP contribution in [0.5, 0.6) is 5.75 Å². The molecule has 1 heterocycles. The Balaban J connectivity index is 1.50. The molecule has 1 unspecified atom stereocenters. The van der Waals surface area contributed by atoms with E-state index >= 15 is 0 Å². The second kappa shape index (κ2) is 13.0. The van der Waals surface area contributed by atoms with Crippen LogP contribution in [0.15, 0.2) is 60.8 Å². The van der Waals surface area contributed by atoms with Crippen LogP contribution in [-0.4, -0.2) is 22.8 Å². The van der Waals surface area contributed by atoms with E-state index < -0.39 is 17.4 Å². The van der Waals surface area contributed by atoms with E-state index in [1.807, 2.05) is 24.3 Å². The number of phenols is 1. The van der Waals surface area contributed by atoms with Gasteiger partial charge in [0, 0.05) is 29.5 Å². The zero-order valence-corrected chi connectivity index (χ0v) is 19.9. The summed E-state index contributed by atoms with van der Waals surface area (Å²) in [5, 5.41) is 9.29. The Morgan fingerprint density at radius 2 is 1.71 bits per heavy atom. The highest BCUT2D eigenvalue weighted by molar-refractivity contribution is 5.68. The highest BCUT2D eigenvalue weighted by Gasteiger charge is 2.14. The van der Waals surface area contributed by atoms with Gasteiger partial charge in [-0.2, -0.15) is 4.39 Å². The number of unbranched alkanes of at least 4 members (excludes halogenated alkanes) is 3. The second-order valence-corrected chi connectivity index (χ2v) is 8.54. The van der Waals surface area contributed by atoms with Crippen molar-refractivity contribution in [2.45, 2.75) is 58.5 Å². The molecule has 1 atom stereocenters. The number of benzene rings is 2. The number of hydrogen-bond donors (Lipinski definition) is 1. The van der Waals surface area contributed by atoms with Crippen molar-refractivity contribution in [2.75, 3.05) is 6.61 Å². The average molecular weight is 466 g/mol. The monoisotopic (exact) mass is 465 g/mol. The van der Waals surface area contributed by atoms with Gasteiger partial charge in [0.15, 0.2) is 11.6 Å². The molecule has 0 saturated carbocycles. The molecular weight excluding hydrogens is 432 g/mol. The summed E-state index contributed by atoms with van der Waals surface area (Å²) in [4.78, 5) is 4.40. The van der Waals surface area contributed by atoms with Crippen molar-refractivity contribution in [3.05, 3.63) is 78.0 Å². The van der Waals surface area contributed by atoms with E-state index in [0.717, 1.165) is 55.2 Å². The molecule has 0 saturated heterocycles. The van der Waals surface area contributed by atoms with Gasteiger partial charge in [0.1, 0.15) is 0 Å². The number of rotatable bonds is 12. The molecule has 0 aliphatic carbocycles. The molecule has 1 aromatic heterocycles. The first kappa shape index (κ1) is 25.6. The number of allylic oxidation sites excluding steroid dienone is 1. The number of nitrogens with zero attached hydrogens (tertiary/aromatic N) is 1. The first-order valence-corrected chi connectivity index (χ1v) is 12.0. The van der Waals surface area contributed by atoms with Crippen molar-refractivity contribution < 1.29 is 18.6 Å². The van der Waals surface area contributed by atoms with Gasteiger partial charge in [-0.1, -0.05) is 62.2 Å². The predicted octanol–water partition coefficient (Wildman–Crippen LogP) is 8.18. The van der Waals surface area contributed by atoms with E-state index in [1.54, 1.807) is 12.1 Å². The lowest BCUT2D eigenvalue weighted by Gasteiger charge is -2.12. The van der Waals surface area contributed by atoms with E-state index in [0.29, 0.717) is 11.7 Å². The van der Waals surface area contributed by atoms with Crippen molar-refractivity contribution in [3.63, 3.8) is 0 Å². The lowest BCUT2D eigenvalue weighted by molar-refractivity contribution is 0.0566. The minimum absolute atomic E-state index is 0.0623. The van der Waals surface area contributed by atoms with Crippen molar-refractivity contribution in [1.82, 2.24) is 4.98 Å². The van der Waals surface area contributed by atoms with Crippen LogP contribution in [0.3, 0.4) is 0 Å². The van der Waals surface area contributed by atoms with Gasteiger partial charge in [-0.25, -0.2) is 4.39 Å². The zero-order valence-electron chi connectivity index (χ0n) is 19.9. The maximum atomic E-state index is 14.1. The van der Waals surface area contributed by atoms with E-state index in [4.69, 9.17) is 4.74 Å². The summed E-state index contributed by atoms with van der Waals surface area (Å²) in [6, 6.07) is 14.0.